The van der Waals surface area contributed by atoms with Crippen LogP contribution in [0.2, 0.25) is 0 Å². The zero-order valence-electron chi connectivity index (χ0n) is 17.3. The number of amides is 1. The number of hydrogen-bond acceptors (Lipinski definition) is 2. The molecule has 2 aromatic carbocycles. The smallest absolute Gasteiger partial charge is 0.272 e. The number of aromatic amines is 1. The lowest BCUT2D eigenvalue weighted by molar-refractivity contribution is 0.102. The Hall–Kier alpha value is -2.66. The minimum Gasteiger partial charge on any atom is -0.350 e. The molecular formula is C24H28FN3O. The number of H-pyrrole nitrogens is 1. The monoisotopic (exact) mass is 393 g/mol. The molecule has 1 aliphatic rings. The first-order chi connectivity index (χ1) is 13.9. The van der Waals surface area contributed by atoms with Crippen LogP contribution >= 0.6 is 0 Å². The van der Waals surface area contributed by atoms with Gasteiger partial charge in [-0.2, -0.15) is 0 Å². The van der Waals surface area contributed by atoms with Crippen LogP contribution < -0.4 is 5.32 Å². The molecular weight excluding hydrogens is 365 g/mol. The first-order valence-electron chi connectivity index (χ1n) is 10.3. The topological polar surface area (TPSA) is 48.1 Å². The van der Waals surface area contributed by atoms with Crippen LogP contribution in [0.4, 0.5) is 10.1 Å². The summed E-state index contributed by atoms with van der Waals surface area (Å²) in [5, 5.41) is 3.41. The summed E-state index contributed by atoms with van der Waals surface area (Å²) >= 11 is 0. The molecule has 0 unspecified atom stereocenters. The van der Waals surface area contributed by atoms with E-state index < -0.39 is 0 Å². The van der Waals surface area contributed by atoms with Gasteiger partial charge in [0.1, 0.15) is 11.5 Å². The van der Waals surface area contributed by atoms with Crippen LogP contribution in [0.25, 0.3) is 10.9 Å². The maximum Gasteiger partial charge on any atom is 0.272 e. The summed E-state index contributed by atoms with van der Waals surface area (Å²) < 4.78 is 14.1. The third kappa shape index (κ3) is 4.06. The summed E-state index contributed by atoms with van der Waals surface area (Å²) in [4.78, 5) is 18.1. The van der Waals surface area contributed by atoms with Crippen molar-refractivity contribution in [3.63, 3.8) is 0 Å². The quantitative estimate of drug-likeness (QED) is 0.619. The molecule has 0 bridgehead atoms. The predicted octanol–water partition coefficient (Wildman–Crippen LogP) is 5.46. The van der Waals surface area contributed by atoms with Crippen molar-refractivity contribution >= 4 is 22.5 Å². The molecule has 4 nitrogen and oxygen atoms in total. The van der Waals surface area contributed by atoms with Crippen molar-refractivity contribution in [1.82, 2.24) is 9.88 Å². The van der Waals surface area contributed by atoms with Crippen molar-refractivity contribution in [2.24, 2.45) is 0 Å². The van der Waals surface area contributed by atoms with Gasteiger partial charge >= 0.3 is 0 Å². The SMILES string of the molecule is Cc1ccc(F)c2cc(C(=O)Nc3cccc([C@H]4CC[C@H](N(C)C)CC4)c3)[nH]c12. The number of rotatable bonds is 4. The van der Waals surface area contributed by atoms with E-state index in [1.54, 1.807) is 12.1 Å². The van der Waals surface area contributed by atoms with Crippen molar-refractivity contribution < 1.29 is 9.18 Å². The number of anilines is 1. The number of nitrogens with zero attached hydrogens (tertiary/aromatic N) is 1. The Kier molecular flexibility index (Phi) is 5.41. The summed E-state index contributed by atoms with van der Waals surface area (Å²) in [6, 6.07) is 13.5. The average Bonchev–Trinajstić information content (AvgIpc) is 3.18. The first kappa shape index (κ1) is 19.6. The number of fused-ring (bicyclic) bond motifs is 1. The zero-order valence-corrected chi connectivity index (χ0v) is 17.3. The lowest BCUT2D eigenvalue weighted by Crippen LogP contribution is -2.31. The fraction of sp³-hybridized carbons (Fsp3) is 0.375. The van der Waals surface area contributed by atoms with E-state index in [2.05, 4.69) is 41.4 Å². The molecule has 5 heteroatoms. The second-order valence-corrected chi connectivity index (χ2v) is 8.38. The van der Waals surface area contributed by atoms with Gasteiger partial charge in [-0.3, -0.25) is 4.79 Å². The highest BCUT2D eigenvalue weighted by molar-refractivity contribution is 6.06. The Balaban J connectivity index is 1.49. The van der Waals surface area contributed by atoms with E-state index in [0.717, 1.165) is 11.3 Å². The predicted molar refractivity (Wildman–Crippen MR) is 116 cm³/mol. The number of halogens is 1. The van der Waals surface area contributed by atoms with E-state index in [1.165, 1.54) is 37.3 Å². The molecule has 1 fully saturated rings. The van der Waals surface area contributed by atoms with Gasteiger partial charge in [-0.05, 0) is 88.0 Å². The van der Waals surface area contributed by atoms with E-state index in [1.807, 2.05) is 19.1 Å². The molecule has 0 spiro atoms. The number of benzene rings is 2. The summed E-state index contributed by atoms with van der Waals surface area (Å²) in [5.74, 6) is -0.0439. The summed E-state index contributed by atoms with van der Waals surface area (Å²) in [6.45, 7) is 1.90. The van der Waals surface area contributed by atoms with Crippen LogP contribution in [0.1, 0.15) is 53.2 Å². The minimum absolute atomic E-state index is 0.256. The van der Waals surface area contributed by atoms with Gasteiger partial charge < -0.3 is 15.2 Å². The Bertz CT molecular complexity index is 993. The molecule has 1 heterocycles. The second kappa shape index (κ2) is 7.99. The van der Waals surface area contributed by atoms with Crippen LogP contribution in [-0.4, -0.2) is 35.9 Å². The first-order valence-corrected chi connectivity index (χ1v) is 10.3. The van der Waals surface area contributed by atoms with Gasteiger partial charge in [0.05, 0.1) is 5.52 Å². The van der Waals surface area contributed by atoms with Gasteiger partial charge in [-0.25, -0.2) is 4.39 Å². The summed E-state index contributed by atoms with van der Waals surface area (Å²) in [5.41, 5.74) is 4.00. The average molecular weight is 394 g/mol. The van der Waals surface area contributed by atoms with Gasteiger partial charge in [0.25, 0.3) is 5.91 Å². The number of aromatic nitrogens is 1. The van der Waals surface area contributed by atoms with E-state index >= 15 is 0 Å². The normalized spacial score (nSPS) is 19.6. The third-order valence-corrected chi connectivity index (χ3v) is 6.24. The fourth-order valence-corrected chi connectivity index (χ4v) is 4.44. The number of nitrogens with one attached hydrogen (secondary N) is 2. The molecule has 29 heavy (non-hydrogen) atoms. The maximum atomic E-state index is 14.1. The standard InChI is InChI=1S/C24H28FN3O/c1-15-7-12-21(25)20-14-22(27-23(15)20)24(29)26-18-6-4-5-17(13-18)16-8-10-19(11-9-16)28(2)3/h4-7,12-14,16,19,27H,8-11H2,1-3H3,(H,26,29)/t16-,19-. The second-order valence-electron chi connectivity index (χ2n) is 8.38. The molecule has 2 N–H and O–H groups in total. The van der Waals surface area contributed by atoms with E-state index in [0.29, 0.717) is 28.6 Å². The molecule has 1 aromatic heterocycles. The number of aryl methyl sites for hydroxylation is 1. The molecule has 0 aliphatic heterocycles. The van der Waals surface area contributed by atoms with Crippen LogP contribution in [-0.2, 0) is 0 Å². The molecule has 4 rings (SSSR count). The largest absolute Gasteiger partial charge is 0.350 e. The lowest BCUT2D eigenvalue weighted by atomic mass is 9.81. The van der Waals surface area contributed by atoms with E-state index in [-0.39, 0.29) is 11.7 Å². The van der Waals surface area contributed by atoms with Gasteiger partial charge in [0, 0.05) is 17.1 Å². The summed E-state index contributed by atoms with van der Waals surface area (Å²) in [6.07, 6.45) is 4.74. The van der Waals surface area contributed by atoms with Crippen molar-refractivity contribution in [3.8, 4) is 0 Å². The van der Waals surface area contributed by atoms with Gasteiger partial charge in [-0.15, -0.1) is 0 Å². The Morgan fingerprint density at radius 2 is 1.86 bits per heavy atom. The molecule has 0 atom stereocenters. The molecule has 152 valence electrons. The molecule has 3 aromatic rings. The molecule has 1 saturated carbocycles. The fourth-order valence-electron chi connectivity index (χ4n) is 4.44. The van der Waals surface area contributed by atoms with Crippen LogP contribution in [0.5, 0.6) is 0 Å². The number of carbonyl (C=O) groups is 1. The van der Waals surface area contributed by atoms with Crippen molar-refractivity contribution in [2.75, 3.05) is 19.4 Å². The Morgan fingerprint density at radius 1 is 1.10 bits per heavy atom. The number of carbonyl (C=O) groups excluding carboxylic acids is 1. The van der Waals surface area contributed by atoms with Crippen molar-refractivity contribution in [2.45, 2.75) is 44.6 Å². The van der Waals surface area contributed by atoms with E-state index in [4.69, 9.17) is 0 Å². The maximum absolute atomic E-state index is 14.1. The molecule has 1 aliphatic carbocycles. The van der Waals surface area contributed by atoms with Crippen LogP contribution in [0.3, 0.4) is 0 Å². The highest BCUT2D eigenvalue weighted by Crippen LogP contribution is 2.35. The lowest BCUT2D eigenvalue weighted by Gasteiger charge is -2.33. The van der Waals surface area contributed by atoms with Crippen molar-refractivity contribution in [1.29, 1.82) is 0 Å². The molecule has 0 radical (unpaired) electrons. The van der Waals surface area contributed by atoms with Crippen molar-refractivity contribution in [3.05, 3.63) is 65.1 Å². The van der Waals surface area contributed by atoms with E-state index in [9.17, 15) is 9.18 Å². The van der Waals surface area contributed by atoms with Crippen LogP contribution in [0.15, 0.2) is 42.5 Å². The van der Waals surface area contributed by atoms with Gasteiger partial charge in [0.2, 0.25) is 0 Å². The molecule has 1 amide bonds. The number of hydrogen-bond donors (Lipinski definition) is 2. The van der Waals surface area contributed by atoms with Gasteiger partial charge in [-0.1, -0.05) is 18.2 Å². The highest BCUT2D eigenvalue weighted by atomic mass is 19.1. The zero-order chi connectivity index (χ0) is 20.5. The molecule has 0 saturated heterocycles. The minimum atomic E-state index is -0.323. The highest BCUT2D eigenvalue weighted by Gasteiger charge is 2.23. The van der Waals surface area contributed by atoms with Gasteiger partial charge in [0.15, 0.2) is 0 Å². The Morgan fingerprint density at radius 3 is 2.55 bits per heavy atom. The Labute approximate surface area is 171 Å². The third-order valence-electron chi connectivity index (χ3n) is 6.24. The van der Waals surface area contributed by atoms with Crippen LogP contribution in [0, 0.1) is 12.7 Å². The summed E-state index contributed by atoms with van der Waals surface area (Å²) in [7, 11) is 4.30.